The van der Waals surface area contributed by atoms with E-state index in [0.29, 0.717) is 135 Å². The fourth-order valence-corrected chi connectivity index (χ4v) is 16.0. The van der Waals surface area contributed by atoms with E-state index in [1.807, 2.05) is 65.6 Å². The predicted molar refractivity (Wildman–Crippen MR) is 535 cm³/mol. The summed E-state index contributed by atoms with van der Waals surface area (Å²) >= 11 is 6.14. The maximum Gasteiger partial charge on any atom is 0.291 e. The van der Waals surface area contributed by atoms with Crippen molar-refractivity contribution in [3.8, 4) is 11.1 Å². The summed E-state index contributed by atoms with van der Waals surface area (Å²) < 4.78 is 68.7. The highest BCUT2D eigenvalue weighted by molar-refractivity contribution is 6.30. The van der Waals surface area contributed by atoms with Crippen molar-refractivity contribution in [2.75, 3.05) is 265 Å². The lowest BCUT2D eigenvalue weighted by Crippen LogP contribution is -2.49. The quantitative estimate of drug-likeness (QED) is 0.0200. The van der Waals surface area contributed by atoms with Crippen LogP contribution in [0.3, 0.4) is 0 Å². The molecule has 46 heteroatoms. The number of benzene rings is 3. The molecule has 3 aliphatic rings. The zero-order valence-electron chi connectivity index (χ0n) is 82.4. The van der Waals surface area contributed by atoms with Crippen molar-refractivity contribution in [3.05, 3.63) is 144 Å². The van der Waals surface area contributed by atoms with E-state index < -0.39 is 53.2 Å². The van der Waals surface area contributed by atoms with Crippen LogP contribution in [0, 0.1) is 5.92 Å². The molecule has 0 unspecified atom stereocenters. The van der Waals surface area contributed by atoms with Gasteiger partial charge in [-0.25, -0.2) is 15.0 Å². The first-order valence-electron chi connectivity index (χ1n) is 48.2. The van der Waals surface area contributed by atoms with Crippen molar-refractivity contribution in [2.45, 2.75) is 77.3 Å². The Bertz CT molecular complexity index is 5420. The van der Waals surface area contributed by atoms with Gasteiger partial charge in [-0.05, 0) is 116 Å². The van der Waals surface area contributed by atoms with Crippen LogP contribution in [0.2, 0.25) is 5.02 Å². The van der Waals surface area contributed by atoms with Crippen LogP contribution in [0.4, 0.5) is 51.7 Å². The number of hydrogen-bond donors (Lipinski definition) is 12. The number of piperidine rings is 1. The number of ether oxygens (including phenoxy) is 11. The number of hydrogen-bond acceptors (Lipinski definition) is 29. The Morgan fingerprint density at radius 1 is 0.392 bits per heavy atom. The molecule has 8 aromatic rings. The molecule has 0 radical (unpaired) electrons. The number of fused-ring (bicyclic) bond motifs is 1. The molecule has 0 aliphatic carbocycles. The number of aromatic nitrogens is 8. The van der Waals surface area contributed by atoms with Gasteiger partial charge in [-0.3, -0.25) is 57.6 Å². The highest BCUT2D eigenvalue weighted by Crippen LogP contribution is 2.42. The van der Waals surface area contributed by atoms with Gasteiger partial charge in [-0.2, -0.15) is 0 Å². The summed E-state index contributed by atoms with van der Waals surface area (Å²) in [5.41, 5.74) is 6.21. The second-order valence-electron chi connectivity index (χ2n) is 34.4. The molecule has 0 saturated carbocycles. The first-order chi connectivity index (χ1) is 69.2. The molecule has 0 spiro atoms. The number of piperazine rings is 1. The van der Waals surface area contributed by atoms with Crippen LogP contribution in [0.15, 0.2) is 110 Å². The van der Waals surface area contributed by atoms with E-state index in [9.17, 15) is 52.7 Å². The number of rotatable bonds is 63. The molecule has 11 amide bonds. The van der Waals surface area contributed by atoms with Gasteiger partial charge in [-0.1, -0.05) is 29.8 Å². The fraction of sp³-hybridized carbons (Fsp3) is 0.526. The third kappa shape index (κ3) is 38.3. The summed E-state index contributed by atoms with van der Waals surface area (Å²) in [6, 6.07) is 24.4. The minimum Gasteiger partial charge on any atom is -0.379 e. The third-order valence-corrected chi connectivity index (χ3v) is 23.5. The van der Waals surface area contributed by atoms with Crippen LogP contribution in [-0.2, 0) is 121 Å². The summed E-state index contributed by atoms with van der Waals surface area (Å²) in [7, 11) is 7.95. The van der Waals surface area contributed by atoms with Crippen molar-refractivity contribution in [1.29, 1.82) is 0 Å². The van der Waals surface area contributed by atoms with Crippen molar-refractivity contribution < 1.29 is 105 Å². The average molecular weight is 2010 g/mol. The number of nitrogens with zero attached hydrogens (tertiary/aromatic N) is 11. The zero-order valence-corrected chi connectivity index (χ0v) is 83.2. The number of aryl methyl sites for hydroxylation is 5. The van der Waals surface area contributed by atoms with Gasteiger partial charge < -0.3 is 149 Å². The third-order valence-electron chi connectivity index (χ3n) is 23.2. The van der Waals surface area contributed by atoms with Gasteiger partial charge in [0.2, 0.25) is 58.8 Å². The van der Waals surface area contributed by atoms with Crippen LogP contribution in [0.5, 0.6) is 0 Å². The Labute approximate surface area is 835 Å². The molecule has 2 atom stereocenters. The molecule has 0 bridgehead atoms. The maximum absolute atomic E-state index is 13.4. The monoisotopic (exact) mass is 2010 g/mol. The average Bonchev–Trinajstić information content (AvgIpc) is 1.69. The Hall–Kier alpha value is -12.5. The zero-order chi connectivity index (χ0) is 102. The molecule has 11 rings (SSSR count). The number of nitrogens with one attached hydrogen (secondary N) is 12. The minimum absolute atomic E-state index is 0.00399. The number of carbonyl (C=O) groups excluding carboxylic acids is 11. The van der Waals surface area contributed by atoms with E-state index in [1.165, 1.54) is 74.6 Å². The first kappa shape index (κ1) is 111. The summed E-state index contributed by atoms with van der Waals surface area (Å²) in [5, 5.41) is 34.7. The van der Waals surface area contributed by atoms with Crippen LogP contribution < -0.4 is 68.7 Å². The summed E-state index contributed by atoms with van der Waals surface area (Å²) in [5.74, 6) is -3.61. The normalized spacial score (nSPS) is 14.4. The van der Waals surface area contributed by atoms with Gasteiger partial charge in [0.1, 0.15) is 18.1 Å². The molecule has 12 N–H and O–H groups in total. The fourth-order valence-electron chi connectivity index (χ4n) is 15.9. The maximum atomic E-state index is 13.4. The smallest absolute Gasteiger partial charge is 0.291 e. The Morgan fingerprint density at radius 2 is 0.832 bits per heavy atom. The van der Waals surface area contributed by atoms with Crippen molar-refractivity contribution in [2.24, 2.45) is 41.2 Å². The SMILES string of the molecule is CC(=O)N1c2ccc(-c3ccc(NC(=O)CCOCCOCCOCCOCCOCCOCCOCCOCCNC(=O)c4nc(NC(=O)CCNC(=O)c5cc(NC(=O)c6nc(NC(=O)CCC(=O)Nc7cc(NC(=O)c8nc(NC(=O)CCNC(=O)COCCOCCOCCN9CCN(CC%10CCNCC%10)CC9)cn8C)cn7C)cn6C)cn5C)cn4C)cc3)cc2[C@H](Nc2ccc(Cl)cc2)C[C@@H]1C. The highest BCUT2D eigenvalue weighted by Gasteiger charge is 2.34. The van der Waals surface area contributed by atoms with E-state index in [1.54, 1.807) is 52.9 Å². The van der Waals surface area contributed by atoms with E-state index in [4.69, 9.17) is 63.7 Å². The van der Waals surface area contributed by atoms with Crippen LogP contribution in [0.1, 0.15) is 119 Å². The summed E-state index contributed by atoms with van der Waals surface area (Å²) in [6.45, 7) is 20.0. The molecule has 3 aromatic carbocycles. The molecular formula is C97H136ClN23O22. The van der Waals surface area contributed by atoms with Gasteiger partial charge >= 0.3 is 0 Å². The Balaban J connectivity index is 0.443. The molecule has 778 valence electrons. The largest absolute Gasteiger partial charge is 0.379 e. The molecule has 3 aliphatic heterocycles. The molecule has 2 fully saturated rings. The number of amides is 11. The van der Waals surface area contributed by atoms with Crippen LogP contribution in [0.25, 0.3) is 11.1 Å². The van der Waals surface area contributed by atoms with E-state index in [2.05, 4.69) is 102 Å². The van der Waals surface area contributed by atoms with Gasteiger partial charge in [0.05, 0.1) is 163 Å². The van der Waals surface area contributed by atoms with E-state index >= 15 is 0 Å². The predicted octanol–water partition coefficient (Wildman–Crippen LogP) is 5.81. The van der Waals surface area contributed by atoms with E-state index in [0.717, 1.165) is 86.2 Å². The molecule has 5 aromatic heterocycles. The number of anilines is 9. The van der Waals surface area contributed by atoms with Crippen molar-refractivity contribution >= 4 is 128 Å². The molecule has 8 heterocycles. The summed E-state index contributed by atoms with van der Waals surface area (Å²) in [6.07, 6.45) is 10.1. The van der Waals surface area contributed by atoms with Gasteiger partial charge in [-0.15, -0.1) is 0 Å². The lowest BCUT2D eigenvalue weighted by Gasteiger charge is -2.39. The molecule has 45 nitrogen and oxygen atoms in total. The second-order valence-corrected chi connectivity index (χ2v) is 34.9. The molecule has 2 saturated heterocycles. The van der Waals surface area contributed by atoms with Gasteiger partial charge in [0.25, 0.3) is 23.6 Å². The molecular weight excluding hydrogens is 1870 g/mol. The highest BCUT2D eigenvalue weighted by atomic mass is 35.5. The standard InChI is InChI=1S/C97H136ClN23O22/c1-67-56-78(103-73-15-11-72(98)12-16-73)77-57-71(10-17-79(77)121(67)68(2)122)70-8-13-74(14-9-70)104-89(127)24-35-133-38-41-136-44-46-138-48-50-140-52-53-141-51-49-139-47-45-137-42-39-134-36-29-102-95(130)91-110-82(63-116(91)5)108-88(126)23-28-101-94(129)80-58-75(61-114(80)3)105-96(131)92-111-81(64-117(92)6)107-85(123)18-19-86(124)113-84-59-76(62-115(84)4)106-97(132)93-112-83(65-118(93)7)109-87(125)22-27-100-90(128)66-143-55-54-142-43-40-135-37-34-119-30-32-120(33-31-119)60-69-20-25-99-26-21-69/h8-17,57-59,61-65,67,69,78,99,103H,18-56,60,66H2,1-7H3,(H,100,128)(H,101,129)(H,102,130)(H,104,127)(H,105,131)(H,106,132)(H,107,123)(H,108,126)(H,109,125)(H,113,124)/t67-,78+/m0/s1. The molecule has 143 heavy (non-hydrogen) atoms. The Morgan fingerprint density at radius 3 is 1.37 bits per heavy atom. The van der Waals surface area contributed by atoms with Crippen molar-refractivity contribution in [3.63, 3.8) is 0 Å². The number of carbonyl (C=O) groups is 11. The van der Waals surface area contributed by atoms with Crippen LogP contribution in [-0.4, -0.2) is 336 Å². The first-order valence-corrected chi connectivity index (χ1v) is 48.6. The van der Waals surface area contributed by atoms with Gasteiger partial charge in [0, 0.05) is 192 Å². The van der Waals surface area contributed by atoms with Crippen molar-refractivity contribution in [1.82, 2.24) is 68.9 Å². The summed E-state index contributed by atoms with van der Waals surface area (Å²) in [4.78, 5) is 162. The number of halogens is 1. The van der Waals surface area contributed by atoms with Crippen LogP contribution >= 0.6 is 11.6 Å². The lowest BCUT2D eigenvalue weighted by atomic mass is 9.89. The second kappa shape index (κ2) is 59.6. The number of imidazole rings is 3. The Kier molecular flexibility index (Phi) is 46.2. The van der Waals surface area contributed by atoms with E-state index in [-0.39, 0.29) is 155 Å². The topological polar surface area (TPSA) is 507 Å². The van der Waals surface area contributed by atoms with Gasteiger partial charge in [0.15, 0.2) is 17.5 Å². The minimum atomic E-state index is -0.667. The lowest BCUT2D eigenvalue weighted by molar-refractivity contribution is -0.126.